The topological polar surface area (TPSA) is 66.9 Å². The van der Waals surface area contributed by atoms with Crippen LogP contribution in [0.2, 0.25) is 0 Å². The fraction of sp³-hybridized carbons (Fsp3) is 0.500. The van der Waals surface area contributed by atoms with Gasteiger partial charge in [0, 0.05) is 38.9 Å². The Morgan fingerprint density at radius 2 is 1.83 bits per heavy atom. The smallest absolute Gasteiger partial charge is 0.254 e. The first-order valence-electron chi connectivity index (χ1n) is 7.06. The molecule has 1 amide bonds. The fourth-order valence-electron chi connectivity index (χ4n) is 2.30. The van der Waals surface area contributed by atoms with Crippen molar-refractivity contribution in [2.75, 3.05) is 45.6 Å². The molecule has 1 saturated heterocycles. The van der Waals surface area contributed by atoms with Gasteiger partial charge in [-0.3, -0.25) is 4.79 Å². The summed E-state index contributed by atoms with van der Waals surface area (Å²) in [5.74, 6) is -2.66. The summed E-state index contributed by atoms with van der Waals surface area (Å²) in [7, 11) is -1.99. The number of carbonyl (C=O) groups excluding carboxylic acids is 1. The predicted octanol–water partition coefficient (Wildman–Crippen LogP) is 0.699. The maximum atomic E-state index is 13.2. The van der Waals surface area contributed by atoms with Crippen LogP contribution in [0.5, 0.6) is 0 Å². The Hall–Kier alpha value is -1.58. The van der Waals surface area contributed by atoms with E-state index < -0.39 is 27.6 Å². The summed E-state index contributed by atoms with van der Waals surface area (Å²) in [5, 5.41) is 0. The molecule has 128 valence electrons. The van der Waals surface area contributed by atoms with E-state index in [9.17, 15) is 22.0 Å². The van der Waals surface area contributed by atoms with Crippen LogP contribution in [0.1, 0.15) is 10.4 Å². The number of nitrogens with zero attached hydrogens (tertiary/aromatic N) is 2. The lowest BCUT2D eigenvalue weighted by Crippen LogP contribution is -2.51. The minimum Gasteiger partial charge on any atom is -0.384 e. The van der Waals surface area contributed by atoms with Crippen molar-refractivity contribution in [1.82, 2.24) is 9.21 Å². The molecule has 0 aliphatic carbocycles. The quantitative estimate of drug-likeness (QED) is 0.786. The molecule has 0 atom stereocenters. The first-order valence-corrected chi connectivity index (χ1v) is 8.67. The second-order valence-electron chi connectivity index (χ2n) is 5.13. The Labute approximate surface area is 133 Å². The van der Waals surface area contributed by atoms with Crippen molar-refractivity contribution >= 4 is 15.9 Å². The van der Waals surface area contributed by atoms with Gasteiger partial charge in [-0.1, -0.05) is 0 Å². The van der Waals surface area contributed by atoms with Crippen molar-refractivity contribution in [2.45, 2.75) is 0 Å². The van der Waals surface area contributed by atoms with Gasteiger partial charge in [0.2, 0.25) is 10.0 Å². The van der Waals surface area contributed by atoms with Crippen LogP contribution in [0.25, 0.3) is 0 Å². The van der Waals surface area contributed by atoms with E-state index >= 15 is 0 Å². The number of carbonyl (C=O) groups is 1. The molecular weight excluding hydrogens is 330 g/mol. The van der Waals surface area contributed by atoms with Crippen LogP contribution in [0.4, 0.5) is 8.78 Å². The van der Waals surface area contributed by atoms with E-state index in [-0.39, 0.29) is 44.1 Å². The normalized spacial score (nSPS) is 16.6. The summed E-state index contributed by atoms with van der Waals surface area (Å²) in [6, 6.07) is 2.95. The number of piperazine rings is 1. The molecule has 0 unspecified atom stereocenters. The van der Waals surface area contributed by atoms with Crippen molar-refractivity contribution in [3.8, 4) is 0 Å². The van der Waals surface area contributed by atoms with Crippen molar-refractivity contribution in [2.24, 2.45) is 0 Å². The zero-order chi connectivity index (χ0) is 17.0. The second-order valence-corrected chi connectivity index (χ2v) is 7.22. The third kappa shape index (κ3) is 4.24. The Morgan fingerprint density at radius 1 is 1.17 bits per heavy atom. The Morgan fingerprint density at radius 3 is 2.39 bits per heavy atom. The molecule has 0 radical (unpaired) electrons. The summed E-state index contributed by atoms with van der Waals surface area (Å²) in [4.78, 5) is 13.7. The van der Waals surface area contributed by atoms with E-state index in [1.54, 1.807) is 0 Å². The number of rotatable bonds is 5. The average molecular weight is 348 g/mol. The summed E-state index contributed by atoms with van der Waals surface area (Å²) in [6.07, 6.45) is 0. The van der Waals surface area contributed by atoms with Crippen molar-refractivity contribution in [3.63, 3.8) is 0 Å². The molecule has 0 aromatic heterocycles. The van der Waals surface area contributed by atoms with Gasteiger partial charge in [0.05, 0.1) is 12.4 Å². The van der Waals surface area contributed by atoms with E-state index in [0.717, 1.165) is 12.1 Å². The maximum Gasteiger partial charge on any atom is 0.254 e. The molecule has 1 aromatic rings. The Kier molecular flexibility index (Phi) is 5.66. The minimum atomic E-state index is -3.41. The standard InChI is InChI=1S/C14H18F2N2O4S/c1-22-8-9-23(20,21)18-6-4-17(5-7-18)14(19)11-2-3-12(15)13(16)10-11/h2-3,10H,4-9H2,1H3. The number of benzene rings is 1. The molecule has 1 aliphatic heterocycles. The van der Waals surface area contributed by atoms with Gasteiger partial charge in [-0.2, -0.15) is 4.31 Å². The molecule has 0 bridgehead atoms. The van der Waals surface area contributed by atoms with E-state index in [0.29, 0.717) is 0 Å². The van der Waals surface area contributed by atoms with E-state index in [4.69, 9.17) is 4.74 Å². The summed E-state index contributed by atoms with van der Waals surface area (Å²) >= 11 is 0. The van der Waals surface area contributed by atoms with Gasteiger partial charge < -0.3 is 9.64 Å². The number of hydrogen-bond acceptors (Lipinski definition) is 4. The zero-order valence-electron chi connectivity index (χ0n) is 12.7. The number of ether oxygens (including phenoxy) is 1. The summed E-state index contributed by atoms with van der Waals surface area (Å²) < 4.78 is 56.2. The van der Waals surface area contributed by atoms with Crippen molar-refractivity contribution in [1.29, 1.82) is 0 Å². The van der Waals surface area contributed by atoms with Gasteiger partial charge in [-0.25, -0.2) is 17.2 Å². The highest BCUT2D eigenvalue weighted by Gasteiger charge is 2.29. The van der Waals surface area contributed by atoms with Crippen molar-refractivity contribution < 1.29 is 26.7 Å². The third-order valence-electron chi connectivity index (χ3n) is 3.63. The third-order valence-corrected chi connectivity index (χ3v) is 5.47. The van der Waals surface area contributed by atoms with Gasteiger partial charge in [0.25, 0.3) is 5.91 Å². The lowest BCUT2D eigenvalue weighted by Gasteiger charge is -2.34. The van der Waals surface area contributed by atoms with Crippen LogP contribution in [-0.2, 0) is 14.8 Å². The summed E-state index contributed by atoms with van der Waals surface area (Å²) in [5.41, 5.74) is 0.0413. The van der Waals surface area contributed by atoms with E-state index in [1.165, 1.54) is 22.4 Å². The number of halogens is 2. The molecule has 1 fully saturated rings. The molecule has 1 heterocycles. The number of methoxy groups -OCH3 is 1. The van der Waals surface area contributed by atoms with Crippen LogP contribution >= 0.6 is 0 Å². The van der Waals surface area contributed by atoms with E-state index in [2.05, 4.69) is 0 Å². The Bertz CT molecular complexity index is 673. The van der Waals surface area contributed by atoms with Crippen LogP contribution in [0, 0.1) is 11.6 Å². The van der Waals surface area contributed by atoms with E-state index in [1.807, 2.05) is 0 Å². The lowest BCUT2D eigenvalue weighted by atomic mass is 10.1. The highest BCUT2D eigenvalue weighted by atomic mass is 32.2. The zero-order valence-corrected chi connectivity index (χ0v) is 13.5. The molecule has 6 nitrogen and oxygen atoms in total. The molecule has 23 heavy (non-hydrogen) atoms. The Balaban J connectivity index is 1.98. The molecular formula is C14H18F2N2O4S. The van der Waals surface area contributed by atoms with Crippen LogP contribution < -0.4 is 0 Å². The van der Waals surface area contributed by atoms with Gasteiger partial charge in [0.1, 0.15) is 0 Å². The lowest BCUT2D eigenvalue weighted by molar-refractivity contribution is 0.0696. The maximum absolute atomic E-state index is 13.2. The second kappa shape index (κ2) is 7.33. The SMILES string of the molecule is COCCS(=O)(=O)N1CCN(C(=O)c2ccc(F)c(F)c2)CC1. The predicted molar refractivity (Wildman–Crippen MR) is 79.5 cm³/mol. The van der Waals surface area contributed by atoms with Gasteiger partial charge in [-0.15, -0.1) is 0 Å². The first kappa shape index (κ1) is 17.8. The van der Waals surface area contributed by atoms with Crippen LogP contribution in [0.3, 0.4) is 0 Å². The van der Waals surface area contributed by atoms with Crippen LogP contribution in [-0.4, -0.2) is 69.2 Å². The molecule has 9 heteroatoms. The number of sulfonamides is 1. The molecule has 0 saturated carbocycles. The summed E-state index contributed by atoms with van der Waals surface area (Å²) in [6.45, 7) is 0.841. The molecule has 1 aliphatic rings. The fourth-order valence-corrected chi connectivity index (χ4v) is 3.65. The molecule has 0 spiro atoms. The average Bonchev–Trinajstić information content (AvgIpc) is 2.55. The minimum absolute atomic E-state index is 0.0413. The molecule has 0 N–H and O–H groups in total. The van der Waals surface area contributed by atoms with Crippen LogP contribution in [0.15, 0.2) is 18.2 Å². The number of amides is 1. The number of hydrogen-bond donors (Lipinski definition) is 0. The highest BCUT2D eigenvalue weighted by molar-refractivity contribution is 7.89. The monoisotopic (exact) mass is 348 g/mol. The van der Waals surface area contributed by atoms with Gasteiger partial charge in [0.15, 0.2) is 11.6 Å². The highest BCUT2D eigenvalue weighted by Crippen LogP contribution is 2.14. The largest absolute Gasteiger partial charge is 0.384 e. The van der Waals surface area contributed by atoms with Gasteiger partial charge >= 0.3 is 0 Å². The molecule has 2 rings (SSSR count). The van der Waals surface area contributed by atoms with Gasteiger partial charge in [-0.05, 0) is 18.2 Å². The first-order chi connectivity index (χ1) is 10.8. The molecule has 1 aromatic carbocycles. The van der Waals surface area contributed by atoms with Crippen molar-refractivity contribution in [3.05, 3.63) is 35.4 Å².